The van der Waals surface area contributed by atoms with Crippen molar-refractivity contribution in [2.24, 2.45) is 0 Å². The molecule has 0 aromatic rings. The highest BCUT2D eigenvalue weighted by molar-refractivity contribution is 6.69. The Morgan fingerprint density at radius 1 is 1.40 bits per heavy atom. The predicted molar refractivity (Wildman–Crippen MR) is 71.7 cm³/mol. The molecule has 0 fully saturated rings. The van der Waals surface area contributed by atoms with E-state index < -0.39 is 8.32 Å². The van der Waals surface area contributed by atoms with Crippen molar-refractivity contribution in [2.45, 2.75) is 58.9 Å². The quantitative estimate of drug-likeness (QED) is 0.458. The lowest BCUT2D eigenvalue weighted by Gasteiger charge is -2.26. The van der Waals surface area contributed by atoms with Crippen LogP contribution in [0.1, 0.15) is 33.1 Å². The molecule has 0 aromatic carbocycles. The maximum Gasteiger partial charge on any atom is 0.184 e. The lowest BCUT2D eigenvalue weighted by molar-refractivity contribution is 0.233. The molecule has 0 aliphatic rings. The highest BCUT2D eigenvalue weighted by Crippen LogP contribution is 2.18. The molecule has 0 rings (SSSR count). The minimum Gasteiger partial charge on any atom is -0.411 e. The SMILES string of the molecule is C=CCC(O[Si](C)(C)C)/C(C)=C/CCC. The van der Waals surface area contributed by atoms with Gasteiger partial charge in [-0.05, 0) is 45.0 Å². The van der Waals surface area contributed by atoms with Crippen molar-refractivity contribution in [1.29, 1.82) is 0 Å². The summed E-state index contributed by atoms with van der Waals surface area (Å²) in [6.07, 6.45) is 7.78. The van der Waals surface area contributed by atoms with Crippen molar-refractivity contribution < 1.29 is 4.43 Å². The fraction of sp³-hybridized carbons (Fsp3) is 0.692. The molecule has 1 nitrogen and oxygen atoms in total. The summed E-state index contributed by atoms with van der Waals surface area (Å²) < 4.78 is 6.14. The molecule has 0 spiro atoms. The van der Waals surface area contributed by atoms with Gasteiger partial charge in [0.1, 0.15) is 0 Å². The van der Waals surface area contributed by atoms with Crippen LogP contribution in [0.2, 0.25) is 19.6 Å². The van der Waals surface area contributed by atoms with E-state index in [2.05, 4.69) is 46.1 Å². The third-order valence-corrected chi connectivity index (χ3v) is 3.13. The van der Waals surface area contributed by atoms with Crippen molar-refractivity contribution in [3.63, 3.8) is 0 Å². The normalized spacial score (nSPS) is 15.1. The van der Waals surface area contributed by atoms with Crippen LogP contribution in [0.5, 0.6) is 0 Å². The highest BCUT2D eigenvalue weighted by atomic mass is 28.4. The fourth-order valence-corrected chi connectivity index (χ4v) is 2.54. The van der Waals surface area contributed by atoms with Crippen LogP contribution in [0.4, 0.5) is 0 Å². The lowest BCUT2D eigenvalue weighted by atomic mass is 10.1. The Morgan fingerprint density at radius 3 is 2.40 bits per heavy atom. The Bertz CT molecular complexity index is 213. The Balaban J connectivity index is 4.43. The van der Waals surface area contributed by atoms with Gasteiger partial charge in [0.25, 0.3) is 0 Å². The zero-order valence-corrected chi connectivity index (χ0v) is 12.0. The van der Waals surface area contributed by atoms with Gasteiger partial charge in [0.05, 0.1) is 6.10 Å². The summed E-state index contributed by atoms with van der Waals surface area (Å²) >= 11 is 0. The molecule has 0 aliphatic carbocycles. The van der Waals surface area contributed by atoms with E-state index >= 15 is 0 Å². The van der Waals surface area contributed by atoms with Gasteiger partial charge >= 0.3 is 0 Å². The smallest absolute Gasteiger partial charge is 0.184 e. The minimum absolute atomic E-state index is 0.251. The average molecular weight is 226 g/mol. The fourth-order valence-electron chi connectivity index (χ4n) is 1.41. The van der Waals surface area contributed by atoms with Crippen LogP contribution >= 0.6 is 0 Å². The zero-order chi connectivity index (χ0) is 11.9. The number of hydrogen-bond acceptors (Lipinski definition) is 1. The molecular weight excluding hydrogens is 200 g/mol. The lowest BCUT2D eigenvalue weighted by Crippen LogP contribution is -2.32. The van der Waals surface area contributed by atoms with E-state index in [0.717, 1.165) is 12.8 Å². The first-order chi connectivity index (χ1) is 6.90. The summed E-state index contributed by atoms with van der Waals surface area (Å²) in [6.45, 7) is 14.9. The van der Waals surface area contributed by atoms with Crippen LogP contribution in [0.3, 0.4) is 0 Å². The first kappa shape index (κ1) is 14.7. The Hall–Kier alpha value is -0.343. The maximum atomic E-state index is 6.14. The largest absolute Gasteiger partial charge is 0.411 e. The van der Waals surface area contributed by atoms with Gasteiger partial charge < -0.3 is 4.43 Å². The maximum absolute atomic E-state index is 6.14. The molecule has 0 N–H and O–H groups in total. The van der Waals surface area contributed by atoms with Gasteiger partial charge in [-0.15, -0.1) is 6.58 Å². The highest BCUT2D eigenvalue weighted by Gasteiger charge is 2.20. The van der Waals surface area contributed by atoms with Crippen molar-refractivity contribution in [1.82, 2.24) is 0 Å². The van der Waals surface area contributed by atoms with Gasteiger partial charge in [0.2, 0.25) is 0 Å². The third-order valence-electron chi connectivity index (χ3n) is 2.14. The van der Waals surface area contributed by atoms with Crippen molar-refractivity contribution in [3.8, 4) is 0 Å². The molecule has 1 atom stereocenters. The van der Waals surface area contributed by atoms with E-state index in [0.29, 0.717) is 0 Å². The molecule has 0 aromatic heterocycles. The van der Waals surface area contributed by atoms with E-state index in [9.17, 15) is 0 Å². The first-order valence-electron chi connectivity index (χ1n) is 5.86. The van der Waals surface area contributed by atoms with Crippen molar-refractivity contribution in [3.05, 3.63) is 24.3 Å². The number of rotatable bonds is 7. The molecule has 0 saturated heterocycles. The summed E-state index contributed by atoms with van der Waals surface area (Å²) in [5.74, 6) is 0. The third kappa shape index (κ3) is 7.57. The Labute approximate surface area is 96.4 Å². The molecule has 1 unspecified atom stereocenters. The van der Waals surface area contributed by atoms with Crippen molar-refractivity contribution >= 4 is 8.32 Å². The second-order valence-electron chi connectivity index (χ2n) is 4.98. The molecule has 0 radical (unpaired) electrons. The van der Waals surface area contributed by atoms with E-state index in [1.807, 2.05) is 6.08 Å². The summed E-state index contributed by atoms with van der Waals surface area (Å²) in [5.41, 5.74) is 1.36. The first-order valence-corrected chi connectivity index (χ1v) is 9.27. The molecule has 0 saturated carbocycles. The van der Waals surface area contributed by atoms with Crippen LogP contribution < -0.4 is 0 Å². The topological polar surface area (TPSA) is 9.23 Å². The van der Waals surface area contributed by atoms with Gasteiger partial charge in [-0.25, -0.2) is 0 Å². The van der Waals surface area contributed by atoms with E-state index in [-0.39, 0.29) is 6.10 Å². The molecular formula is C13H26OSi. The zero-order valence-electron chi connectivity index (χ0n) is 11.0. The molecule has 0 aliphatic heterocycles. The minimum atomic E-state index is -1.45. The van der Waals surface area contributed by atoms with Crippen molar-refractivity contribution in [2.75, 3.05) is 0 Å². The van der Waals surface area contributed by atoms with Crippen LogP contribution in [0, 0.1) is 0 Å². The molecule has 0 bridgehead atoms. The molecule has 88 valence electrons. The molecule has 0 heterocycles. The molecule has 15 heavy (non-hydrogen) atoms. The summed E-state index contributed by atoms with van der Waals surface area (Å²) in [6, 6.07) is 0. The number of unbranched alkanes of at least 4 members (excludes halogenated alkanes) is 1. The van der Waals surface area contributed by atoms with E-state index in [1.165, 1.54) is 12.0 Å². The van der Waals surface area contributed by atoms with Gasteiger partial charge in [-0.2, -0.15) is 0 Å². The van der Waals surface area contributed by atoms with Gasteiger partial charge in [-0.1, -0.05) is 25.5 Å². The second kappa shape index (κ2) is 7.02. The summed E-state index contributed by atoms with van der Waals surface area (Å²) in [4.78, 5) is 0. The van der Waals surface area contributed by atoms with Gasteiger partial charge in [0, 0.05) is 0 Å². The van der Waals surface area contributed by atoms with Crippen LogP contribution in [-0.2, 0) is 4.43 Å². The van der Waals surface area contributed by atoms with Gasteiger partial charge in [-0.3, -0.25) is 0 Å². The number of allylic oxidation sites excluding steroid dienone is 1. The van der Waals surface area contributed by atoms with E-state index in [4.69, 9.17) is 4.43 Å². The van der Waals surface area contributed by atoms with E-state index in [1.54, 1.807) is 0 Å². The molecule has 2 heteroatoms. The summed E-state index contributed by atoms with van der Waals surface area (Å²) in [7, 11) is -1.45. The van der Waals surface area contributed by atoms with Gasteiger partial charge in [0.15, 0.2) is 8.32 Å². The monoisotopic (exact) mass is 226 g/mol. The standard InChI is InChI=1S/C13H26OSi/c1-7-9-11-12(3)13(10-8-2)14-15(4,5)6/h8,11,13H,2,7,9-10H2,1,3-6H3/b12-11+. The molecule has 0 amide bonds. The summed E-state index contributed by atoms with van der Waals surface area (Å²) in [5, 5.41) is 0. The number of hydrogen-bond donors (Lipinski definition) is 0. The predicted octanol–water partition coefficient (Wildman–Crippen LogP) is 4.53. The Morgan fingerprint density at radius 2 is 2.00 bits per heavy atom. The van der Waals surface area contributed by atoms with Crippen LogP contribution in [0.15, 0.2) is 24.3 Å². The van der Waals surface area contributed by atoms with Crippen LogP contribution in [-0.4, -0.2) is 14.4 Å². The Kier molecular flexibility index (Phi) is 6.86. The average Bonchev–Trinajstić information content (AvgIpc) is 2.11. The second-order valence-corrected chi connectivity index (χ2v) is 9.44. The van der Waals surface area contributed by atoms with Crippen LogP contribution in [0.25, 0.3) is 0 Å².